The Hall–Kier alpha value is -3.56. The summed E-state index contributed by atoms with van der Waals surface area (Å²) in [5, 5.41) is 3.84. The Morgan fingerprint density at radius 2 is 1.83 bits per heavy atom. The zero-order valence-corrected chi connectivity index (χ0v) is 17.2. The van der Waals surface area contributed by atoms with E-state index in [4.69, 9.17) is 14.4 Å². The van der Waals surface area contributed by atoms with Gasteiger partial charge in [0.25, 0.3) is 5.91 Å². The molecule has 1 heterocycles. The molecule has 1 fully saturated rings. The van der Waals surface area contributed by atoms with E-state index in [1.165, 1.54) is 12.1 Å². The molecule has 3 amide bonds. The summed E-state index contributed by atoms with van der Waals surface area (Å²) in [5.74, 6) is -1.24. The van der Waals surface area contributed by atoms with Gasteiger partial charge in [-0.05, 0) is 39.3 Å². The fourth-order valence-electron chi connectivity index (χ4n) is 2.34. The minimum Gasteiger partial charge on any atom is -0.444 e. The van der Waals surface area contributed by atoms with E-state index in [1.54, 1.807) is 39.0 Å². The van der Waals surface area contributed by atoms with Crippen LogP contribution in [0, 0.1) is 0 Å². The number of amides is 3. The molecule has 1 aromatic carbocycles. The molecule has 2 rings (SSSR count). The molecule has 0 aromatic heterocycles. The predicted molar refractivity (Wildman–Crippen MR) is 105 cm³/mol. The number of allylic oxidation sites excluding steroid dienone is 1. The highest BCUT2D eigenvalue weighted by molar-refractivity contribution is 5.90. The molecule has 0 unspecified atom stereocenters. The normalized spacial score (nSPS) is 13.6. The lowest BCUT2D eigenvalue weighted by Crippen LogP contribution is -2.43. The highest BCUT2D eigenvalue weighted by Gasteiger charge is 2.31. The van der Waals surface area contributed by atoms with Crippen LogP contribution in [0.4, 0.5) is 9.59 Å². The lowest BCUT2D eigenvalue weighted by atomic mass is 10.2. The molecule has 1 saturated heterocycles. The number of carbonyl (C=O) groups is 4. The van der Waals surface area contributed by atoms with Crippen LogP contribution < -0.4 is 5.32 Å². The largest absolute Gasteiger partial charge is 0.468 e. The summed E-state index contributed by atoms with van der Waals surface area (Å²) in [7, 11) is 0. The maximum Gasteiger partial charge on any atom is 0.468 e. The number of carbonyl (C=O) groups excluding carboxylic acids is 4. The molecule has 1 aliphatic rings. The van der Waals surface area contributed by atoms with E-state index in [0.717, 1.165) is 5.06 Å². The molecule has 10 heteroatoms. The smallest absolute Gasteiger partial charge is 0.444 e. The number of hydrogen-bond acceptors (Lipinski definition) is 7. The minimum absolute atomic E-state index is 0.0963. The van der Waals surface area contributed by atoms with E-state index in [9.17, 15) is 19.2 Å². The third kappa shape index (κ3) is 6.80. The molecule has 1 aliphatic heterocycles. The van der Waals surface area contributed by atoms with Crippen LogP contribution in [0.25, 0.3) is 0 Å². The van der Waals surface area contributed by atoms with Crippen molar-refractivity contribution in [2.75, 3.05) is 13.1 Å². The Labute approximate surface area is 174 Å². The van der Waals surface area contributed by atoms with Crippen LogP contribution in [-0.4, -0.2) is 52.9 Å². The minimum atomic E-state index is -1.11. The highest BCUT2D eigenvalue weighted by Crippen LogP contribution is 2.21. The molecule has 0 atom stereocenters. The van der Waals surface area contributed by atoms with Gasteiger partial charge in [-0.2, -0.15) is 0 Å². The van der Waals surface area contributed by atoms with Crippen molar-refractivity contribution < 1.29 is 33.6 Å². The first-order valence-corrected chi connectivity index (χ1v) is 9.31. The number of alkyl carbamates (subject to hydrolysis) is 1. The zero-order valence-electron chi connectivity index (χ0n) is 17.2. The molecule has 0 spiro atoms. The number of hydrogen-bond donors (Lipinski definition) is 1. The summed E-state index contributed by atoms with van der Waals surface area (Å²) in [6.45, 7) is 8.43. The number of benzene rings is 1. The summed E-state index contributed by atoms with van der Waals surface area (Å²) in [4.78, 5) is 58.6. The van der Waals surface area contributed by atoms with Gasteiger partial charge in [0.1, 0.15) is 5.60 Å². The Morgan fingerprint density at radius 1 is 1.17 bits per heavy atom. The number of ether oxygens (including phenoxy) is 1. The van der Waals surface area contributed by atoms with Crippen LogP contribution in [0.5, 0.6) is 0 Å². The molecule has 162 valence electrons. The Balaban J connectivity index is 2.02. The van der Waals surface area contributed by atoms with Crippen LogP contribution in [0.2, 0.25) is 0 Å². The van der Waals surface area contributed by atoms with E-state index in [2.05, 4.69) is 11.9 Å². The van der Waals surface area contributed by atoms with E-state index < -0.39 is 29.7 Å². The third-order valence-corrected chi connectivity index (χ3v) is 3.70. The summed E-state index contributed by atoms with van der Waals surface area (Å²) in [6, 6.07) is 8.01. The summed E-state index contributed by atoms with van der Waals surface area (Å²) in [5.41, 5.74) is -0.175. The van der Waals surface area contributed by atoms with Crippen LogP contribution in [0.1, 0.15) is 44.0 Å². The molecular formula is C20H25N3O7. The highest BCUT2D eigenvalue weighted by atomic mass is 16.8. The molecule has 10 nitrogen and oxygen atoms in total. The van der Waals surface area contributed by atoms with Gasteiger partial charge >= 0.3 is 18.2 Å². The average molecular weight is 419 g/mol. The fourth-order valence-corrected chi connectivity index (χ4v) is 2.34. The Morgan fingerprint density at radius 3 is 2.40 bits per heavy atom. The maximum absolute atomic E-state index is 12.5. The maximum atomic E-state index is 12.5. The third-order valence-electron chi connectivity index (χ3n) is 3.70. The molecule has 1 aromatic rings. The van der Waals surface area contributed by atoms with Crippen LogP contribution in [-0.2, 0) is 19.2 Å². The number of hydroxylamine groups is 4. The first-order chi connectivity index (χ1) is 14.1. The van der Waals surface area contributed by atoms with Crippen molar-refractivity contribution >= 4 is 24.1 Å². The summed E-state index contributed by atoms with van der Waals surface area (Å²) >= 11 is 0. The summed E-state index contributed by atoms with van der Waals surface area (Å²) < 4.78 is 5.11. The second-order valence-corrected chi connectivity index (χ2v) is 7.39. The quantitative estimate of drug-likeness (QED) is 0.730. The molecule has 0 bridgehead atoms. The lowest BCUT2D eigenvalue weighted by molar-refractivity contribution is -0.166. The molecule has 0 saturated carbocycles. The van der Waals surface area contributed by atoms with Crippen molar-refractivity contribution in [3.8, 4) is 0 Å². The van der Waals surface area contributed by atoms with Gasteiger partial charge < -0.3 is 19.7 Å². The zero-order chi connectivity index (χ0) is 22.3. The fraction of sp³-hybridized carbons (Fsp3) is 0.400. The Kier molecular flexibility index (Phi) is 7.40. The van der Waals surface area contributed by atoms with Gasteiger partial charge in [0.15, 0.2) is 0 Å². The van der Waals surface area contributed by atoms with Gasteiger partial charge in [-0.1, -0.05) is 24.8 Å². The number of rotatable bonds is 5. The molecule has 0 aliphatic carbocycles. The van der Waals surface area contributed by atoms with Gasteiger partial charge in [0.2, 0.25) is 0 Å². The van der Waals surface area contributed by atoms with Gasteiger partial charge in [-0.15, -0.1) is 10.1 Å². The summed E-state index contributed by atoms with van der Waals surface area (Å²) in [6.07, 6.45) is -1.29. The lowest BCUT2D eigenvalue weighted by Gasteiger charge is -2.24. The van der Waals surface area contributed by atoms with Gasteiger partial charge in [0, 0.05) is 13.0 Å². The van der Waals surface area contributed by atoms with Gasteiger partial charge in [-0.3, -0.25) is 4.79 Å². The van der Waals surface area contributed by atoms with Crippen molar-refractivity contribution in [3.63, 3.8) is 0 Å². The molecule has 0 radical (unpaired) electrons. The van der Waals surface area contributed by atoms with Crippen molar-refractivity contribution in [1.29, 1.82) is 0 Å². The number of nitrogens with one attached hydrogen (secondary N) is 1. The van der Waals surface area contributed by atoms with Crippen molar-refractivity contribution in [2.45, 2.75) is 39.2 Å². The van der Waals surface area contributed by atoms with Crippen LogP contribution in [0.3, 0.4) is 0 Å². The monoisotopic (exact) mass is 419 g/mol. The average Bonchev–Trinajstić information content (AvgIpc) is 2.98. The van der Waals surface area contributed by atoms with Crippen LogP contribution >= 0.6 is 0 Å². The first kappa shape index (κ1) is 22.7. The predicted octanol–water partition coefficient (Wildman–Crippen LogP) is 2.77. The van der Waals surface area contributed by atoms with E-state index in [0.29, 0.717) is 17.2 Å². The van der Waals surface area contributed by atoms with Crippen molar-refractivity contribution in [1.82, 2.24) is 15.4 Å². The Bertz CT molecular complexity index is 801. The molecule has 1 N–H and O–H groups in total. The SMILES string of the molecule is C=C1CCC(=O)N1OC(=O)N(CCNC(=O)OC(C)(C)C)OC(=O)c1ccccc1. The standard InChI is InChI=1S/C20H25N3O7/c1-14-10-11-16(24)23(14)30-19(27)22(13-12-21-18(26)28-20(2,3)4)29-17(25)15-8-6-5-7-9-15/h5-9H,1,10-13H2,2-4H3,(H,21,26). The van der Waals surface area contributed by atoms with Crippen molar-refractivity contribution in [2.24, 2.45) is 0 Å². The molecular weight excluding hydrogens is 394 g/mol. The topological polar surface area (TPSA) is 114 Å². The van der Waals surface area contributed by atoms with Gasteiger partial charge in [0.05, 0.1) is 17.8 Å². The van der Waals surface area contributed by atoms with Crippen LogP contribution in [0.15, 0.2) is 42.6 Å². The van der Waals surface area contributed by atoms with E-state index in [1.807, 2.05) is 0 Å². The second-order valence-electron chi connectivity index (χ2n) is 7.39. The van der Waals surface area contributed by atoms with Crippen molar-refractivity contribution in [3.05, 3.63) is 48.2 Å². The number of nitrogens with zero attached hydrogens (tertiary/aromatic N) is 2. The molecule has 30 heavy (non-hydrogen) atoms. The first-order valence-electron chi connectivity index (χ1n) is 9.31. The van der Waals surface area contributed by atoms with E-state index >= 15 is 0 Å². The second kappa shape index (κ2) is 9.77. The van der Waals surface area contributed by atoms with Gasteiger partial charge in [-0.25, -0.2) is 14.4 Å². The van der Waals surface area contributed by atoms with E-state index in [-0.39, 0.29) is 25.1 Å².